The molecule has 0 unspecified atom stereocenters. The van der Waals surface area contributed by atoms with Gasteiger partial charge < -0.3 is 9.52 Å². The van der Waals surface area contributed by atoms with Crippen molar-refractivity contribution in [3.63, 3.8) is 0 Å². The Kier molecular flexibility index (Phi) is 2.85. The van der Waals surface area contributed by atoms with Gasteiger partial charge in [-0.25, -0.2) is 0 Å². The molecule has 0 amide bonds. The van der Waals surface area contributed by atoms with Gasteiger partial charge in [0, 0.05) is 13.1 Å². The van der Waals surface area contributed by atoms with Gasteiger partial charge in [0.05, 0.1) is 12.1 Å². The maximum Gasteiger partial charge on any atom is 0.118 e. The molecule has 1 N–H and O–H groups in total. The van der Waals surface area contributed by atoms with Gasteiger partial charge in [0.2, 0.25) is 0 Å². The molecule has 1 aromatic rings. The molecule has 0 saturated carbocycles. The maximum absolute atomic E-state index is 9.99. The van der Waals surface area contributed by atoms with Crippen molar-refractivity contribution in [3.8, 4) is 0 Å². The van der Waals surface area contributed by atoms with E-state index in [4.69, 9.17) is 4.42 Å². The van der Waals surface area contributed by atoms with Gasteiger partial charge in [-0.3, -0.25) is 4.90 Å². The molecule has 3 heteroatoms. The fourth-order valence-electron chi connectivity index (χ4n) is 2.31. The largest absolute Gasteiger partial charge is 0.465 e. The van der Waals surface area contributed by atoms with E-state index in [1.807, 2.05) is 19.1 Å². The number of furan rings is 1. The van der Waals surface area contributed by atoms with Crippen LogP contribution in [0.1, 0.15) is 31.3 Å². The van der Waals surface area contributed by atoms with Gasteiger partial charge in [0.15, 0.2) is 0 Å². The molecule has 1 fully saturated rings. The zero-order chi connectivity index (χ0) is 10.9. The fourth-order valence-corrected chi connectivity index (χ4v) is 2.31. The van der Waals surface area contributed by atoms with Crippen molar-refractivity contribution >= 4 is 0 Å². The maximum atomic E-state index is 9.99. The van der Waals surface area contributed by atoms with Gasteiger partial charge in [0.25, 0.3) is 0 Å². The molecule has 0 radical (unpaired) electrons. The zero-order valence-corrected chi connectivity index (χ0v) is 9.49. The summed E-state index contributed by atoms with van der Waals surface area (Å²) in [6.45, 7) is 6.44. The molecule has 0 atom stereocenters. The van der Waals surface area contributed by atoms with E-state index in [9.17, 15) is 5.11 Å². The summed E-state index contributed by atoms with van der Waals surface area (Å²) in [5, 5.41) is 9.99. The summed E-state index contributed by atoms with van der Waals surface area (Å²) in [6, 6.07) is 3.99. The lowest BCUT2D eigenvalue weighted by Crippen LogP contribution is -2.60. The first-order chi connectivity index (χ1) is 7.11. The number of β-amino-alcohol motifs (C(OH)–C–C–N with tert-alkyl or cyclic N) is 1. The lowest BCUT2D eigenvalue weighted by Gasteiger charge is -2.46. The summed E-state index contributed by atoms with van der Waals surface area (Å²) < 4.78 is 5.49. The summed E-state index contributed by atoms with van der Waals surface area (Å²) in [5.41, 5.74) is -0.434. The van der Waals surface area contributed by atoms with E-state index in [1.165, 1.54) is 0 Å². The Morgan fingerprint density at radius 1 is 1.47 bits per heavy atom. The Bertz CT molecular complexity index is 326. The molecule has 0 aromatic carbocycles. The number of rotatable bonds is 4. The molecule has 0 bridgehead atoms. The summed E-state index contributed by atoms with van der Waals surface area (Å²) in [7, 11) is 0. The van der Waals surface area contributed by atoms with Crippen molar-refractivity contribution < 1.29 is 9.52 Å². The first kappa shape index (κ1) is 10.7. The van der Waals surface area contributed by atoms with Crippen LogP contribution in [0, 0.1) is 6.92 Å². The van der Waals surface area contributed by atoms with E-state index in [0.717, 1.165) is 44.0 Å². The smallest absolute Gasteiger partial charge is 0.118 e. The van der Waals surface area contributed by atoms with E-state index in [0.29, 0.717) is 0 Å². The third-order valence-electron chi connectivity index (χ3n) is 2.93. The SMILES string of the molecule is CCCC1(O)CN(Cc2ccc(C)o2)C1. The van der Waals surface area contributed by atoms with Crippen LogP contribution in [0.5, 0.6) is 0 Å². The van der Waals surface area contributed by atoms with E-state index >= 15 is 0 Å². The van der Waals surface area contributed by atoms with Gasteiger partial charge in [-0.15, -0.1) is 0 Å². The van der Waals surface area contributed by atoms with Crippen LogP contribution in [-0.4, -0.2) is 28.7 Å². The summed E-state index contributed by atoms with van der Waals surface area (Å²) in [4.78, 5) is 2.22. The van der Waals surface area contributed by atoms with Crippen LogP contribution in [0.2, 0.25) is 0 Å². The molecule has 1 aromatic heterocycles. The molecule has 15 heavy (non-hydrogen) atoms. The highest BCUT2D eigenvalue weighted by Gasteiger charge is 2.40. The van der Waals surface area contributed by atoms with Crippen LogP contribution in [0.15, 0.2) is 16.5 Å². The van der Waals surface area contributed by atoms with E-state index in [-0.39, 0.29) is 0 Å². The number of nitrogens with zero attached hydrogens (tertiary/aromatic N) is 1. The Morgan fingerprint density at radius 2 is 2.20 bits per heavy atom. The topological polar surface area (TPSA) is 36.6 Å². The highest BCUT2D eigenvalue weighted by molar-refractivity contribution is 5.07. The number of hydrogen-bond acceptors (Lipinski definition) is 3. The number of aliphatic hydroxyl groups is 1. The second kappa shape index (κ2) is 3.99. The summed E-state index contributed by atoms with van der Waals surface area (Å²) >= 11 is 0. The molecule has 2 heterocycles. The highest BCUT2D eigenvalue weighted by Crippen LogP contribution is 2.27. The summed E-state index contributed by atoms with van der Waals surface area (Å²) in [6.07, 6.45) is 1.95. The van der Waals surface area contributed by atoms with Crippen LogP contribution >= 0.6 is 0 Å². The van der Waals surface area contributed by atoms with Crippen LogP contribution in [0.4, 0.5) is 0 Å². The average molecular weight is 209 g/mol. The predicted octanol–water partition coefficient (Wildman–Crippen LogP) is 1.93. The quantitative estimate of drug-likeness (QED) is 0.823. The Labute approximate surface area is 90.7 Å². The normalized spacial score (nSPS) is 20.2. The van der Waals surface area contributed by atoms with E-state index in [2.05, 4.69) is 11.8 Å². The Balaban J connectivity index is 1.80. The van der Waals surface area contributed by atoms with Gasteiger partial charge in [0.1, 0.15) is 11.5 Å². The van der Waals surface area contributed by atoms with Crippen molar-refractivity contribution in [2.75, 3.05) is 13.1 Å². The molecule has 1 aliphatic heterocycles. The van der Waals surface area contributed by atoms with E-state index in [1.54, 1.807) is 0 Å². The highest BCUT2D eigenvalue weighted by atomic mass is 16.3. The molecule has 84 valence electrons. The standard InChI is InChI=1S/C12H19NO2/c1-3-6-12(14)8-13(9-12)7-11-5-4-10(2)15-11/h4-5,14H,3,6-9H2,1-2H3. The third-order valence-corrected chi connectivity index (χ3v) is 2.93. The second-order valence-electron chi connectivity index (χ2n) is 4.63. The summed E-state index contributed by atoms with van der Waals surface area (Å²) in [5.74, 6) is 1.94. The van der Waals surface area contributed by atoms with Crippen LogP contribution in [-0.2, 0) is 6.54 Å². The monoisotopic (exact) mass is 209 g/mol. The molecule has 3 nitrogen and oxygen atoms in total. The lowest BCUT2D eigenvalue weighted by atomic mass is 9.89. The number of likely N-dealkylation sites (tertiary alicyclic amines) is 1. The fraction of sp³-hybridized carbons (Fsp3) is 0.667. The lowest BCUT2D eigenvalue weighted by molar-refractivity contribution is -0.108. The van der Waals surface area contributed by atoms with Gasteiger partial charge in [-0.1, -0.05) is 13.3 Å². The van der Waals surface area contributed by atoms with Gasteiger partial charge in [-0.2, -0.15) is 0 Å². The minimum Gasteiger partial charge on any atom is -0.465 e. The van der Waals surface area contributed by atoms with Gasteiger partial charge >= 0.3 is 0 Å². The third kappa shape index (κ3) is 2.41. The minimum atomic E-state index is -0.434. The molecular weight excluding hydrogens is 190 g/mol. The van der Waals surface area contributed by atoms with Crippen molar-refractivity contribution in [2.45, 2.75) is 38.8 Å². The second-order valence-corrected chi connectivity index (χ2v) is 4.63. The van der Waals surface area contributed by atoms with Gasteiger partial charge in [-0.05, 0) is 25.5 Å². The number of aryl methyl sites for hydroxylation is 1. The first-order valence-corrected chi connectivity index (χ1v) is 5.61. The van der Waals surface area contributed by atoms with Crippen molar-refractivity contribution in [2.24, 2.45) is 0 Å². The first-order valence-electron chi connectivity index (χ1n) is 5.61. The van der Waals surface area contributed by atoms with E-state index < -0.39 is 5.60 Å². The van der Waals surface area contributed by atoms with Crippen molar-refractivity contribution in [1.29, 1.82) is 0 Å². The number of hydrogen-bond donors (Lipinski definition) is 1. The molecule has 2 rings (SSSR count). The minimum absolute atomic E-state index is 0.434. The Morgan fingerprint density at radius 3 is 2.73 bits per heavy atom. The molecule has 1 saturated heterocycles. The average Bonchev–Trinajstić information content (AvgIpc) is 2.49. The van der Waals surface area contributed by atoms with Crippen molar-refractivity contribution in [1.82, 2.24) is 4.90 Å². The van der Waals surface area contributed by atoms with Crippen LogP contribution < -0.4 is 0 Å². The zero-order valence-electron chi connectivity index (χ0n) is 9.49. The van der Waals surface area contributed by atoms with Crippen LogP contribution in [0.3, 0.4) is 0 Å². The molecular formula is C12H19NO2. The molecule has 1 aliphatic rings. The van der Waals surface area contributed by atoms with Crippen molar-refractivity contribution in [3.05, 3.63) is 23.7 Å². The molecule has 0 aliphatic carbocycles. The predicted molar refractivity (Wildman–Crippen MR) is 58.6 cm³/mol. The Hall–Kier alpha value is -0.800. The van der Waals surface area contributed by atoms with Crippen LogP contribution in [0.25, 0.3) is 0 Å². The molecule has 0 spiro atoms.